The van der Waals surface area contributed by atoms with Crippen LogP contribution in [0.2, 0.25) is 0 Å². The first-order valence-corrected chi connectivity index (χ1v) is 8.57. The molecule has 2 aliphatic heterocycles. The molecule has 2 heterocycles. The van der Waals surface area contributed by atoms with E-state index in [0.717, 1.165) is 11.1 Å². The molecule has 5 heteroatoms. The average molecular weight is 296 g/mol. The summed E-state index contributed by atoms with van der Waals surface area (Å²) in [6.07, 6.45) is 1.97. The summed E-state index contributed by atoms with van der Waals surface area (Å²) in [6, 6.07) is 5.66. The number of aliphatic hydroxyl groups is 1. The van der Waals surface area contributed by atoms with E-state index in [4.69, 9.17) is 4.74 Å². The Hall–Kier alpha value is -1.07. The lowest BCUT2D eigenvalue weighted by Crippen LogP contribution is -2.43. The highest BCUT2D eigenvalue weighted by Crippen LogP contribution is 2.48. The van der Waals surface area contributed by atoms with Gasteiger partial charge in [0.2, 0.25) is 0 Å². The van der Waals surface area contributed by atoms with Crippen LogP contribution in [0.15, 0.2) is 18.2 Å². The number of methoxy groups -OCH3 is 1. The van der Waals surface area contributed by atoms with Gasteiger partial charge in [-0.15, -0.1) is 0 Å². The molecule has 0 spiro atoms. The normalized spacial score (nSPS) is 35.0. The first-order chi connectivity index (χ1) is 9.35. The molecule has 110 valence electrons. The van der Waals surface area contributed by atoms with E-state index in [1.54, 1.807) is 7.11 Å². The average Bonchev–Trinajstić information content (AvgIpc) is 2.58. The molecule has 2 saturated heterocycles. The summed E-state index contributed by atoms with van der Waals surface area (Å²) in [7, 11) is -1.43. The van der Waals surface area contributed by atoms with Crippen molar-refractivity contribution in [3.63, 3.8) is 0 Å². The zero-order chi connectivity index (χ0) is 14.5. The second kappa shape index (κ2) is 4.46. The first kappa shape index (κ1) is 13.9. The van der Waals surface area contributed by atoms with Gasteiger partial charge in [0.15, 0.2) is 9.84 Å². The van der Waals surface area contributed by atoms with Crippen molar-refractivity contribution in [2.24, 2.45) is 0 Å². The molecule has 0 aliphatic carbocycles. The van der Waals surface area contributed by atoms with Gasteiger partial charge < -0.3 is 9.84 Å². The van der Waals surface area contributed by atoms with E-state index >= 15 is 0 Å². The van der Waals surface area contributed by atoms with Crippen molar-refractivity contribution in [3.05, 3.63) is 29.3 Å². The van der Waals surface area contributed by atoms with Gasteiger partial charge in [-0.1, -0.05) is 6.07 Å². The molecule has 2 aliphatic rings. The third kappa shape index (κ3) is 2.04. The van der Waals surface area contributed by atoms with Crippen molar-refractivity contribution in [2.75, 3.05) is 7.11 Å². The molecular formula is C15H20O4S. The molecule has 1 aromatic rings. The van der Waals surface area contributed by atoms with E-state index in [1.165, 1.54) is 0 Å². The summed E-state index contributed by atoms with van der Waals surface area (Å²) in [5, 5.41) is 10.2. The number of ether oxygens (including phenoxy) is 1. The summed E-state index contributed by atoms with van der Waals surface area (Å²) < 4.78 is 29.5. The molecular weight excluding hydrogens is 276 g/mol. The Morgan fingerprint density at radius 3 is 2.35 bits per heavy atom. The Labute approximate surface area is 119 Å². The van der Waals surface area contributed by atoms with E-state index in [0.29, 0.717) is 31.4 Å². The minimum atomic E-state index is -3.03. The van der Waals surface area contributed by atoms with E-state index in [2.05, 4.69) is 0 Å². The molecule has 1 N–H and O–H groups in total. The number of aryl methyl sites for hydroxylation is 1. The van der Waals surface area contributed by atoms with Gasteiger partial charge in [0.05, 0.1) is 23.2 Å². The zero-order valence-electron chi connectivity index (χ0n) is 11.8. The highest BCUT2D eigenvalue weighted by molar-refractivity contribution is 7.93. The molecule has 0 saturated carbocycles. The van der Waals surface area contributed by atoms with Crippen LogP contribution in [0.4, 0.5) is 0 Å². The maximum absolute atomic E-state index is 12.1. The maximum Gasteiger partial charge on any atom is 0.156 e. The molecule has 2 unspecified atom stereocenters. The van der Waals surface area contributed by atoms with Crippen LogP contribution in [-0.4, -0.2) is 31.1 Å². The Morgan fingerprint density at radius 1 is 1.20 bits per heavy atom. The van der Waals surface area contributed by atoms with Crippen LogP contribution in [0.1, 0.15) is 36.8 Å². The molecule has 0 amide bonds. The lowest BCUT2D eigenvalue weighted by atomic mass is 9.85. The molecule has 20 heavy (non-hydrogen) atoms. The van der Waals surface area contributed by atoms with Crippen molar-refractivity contribution in [2.45, 2.75) is 48.7 Å². The minimum absolute atomic E-state index is 0.304. The molecule has 1 aromatic carbocycles. The van der Waals surface area contributed by atoms with Crippen LogP contribution in [0, 0.1) is 6.92 Å². The highest BCUT2D eigenvalue weighted by atomic mass is 32.2. The first-order valence-electron chi connectivity index (χ1n) is 6.96. The number of rotatable bonds is 2. The Morgan fingerprint density at radius 2 is 1.80 bits per heavy atom. The zero-order valence-corrected chi connectivity index (χ0v) is 12.6. The number of hydrogen-bond acceptors (Lipinski definition) is 4. The van der Waals surface area contributed by atoms with Crippen LogP contribution < -0.4 is 4.74 Å². The van der Waals surface area contributed by atoms with Gasteiger partial charge >= 0.3 is 0 Å². The summed E-state index contributed by atoms with van der Waals surface area (Å²) in [6.45, 7) is 1.95. The fourth-order valence-corrected chi connectivity index (χ4v) is 6.11. The van der Waals surface area contributed by atoms with Gasteiger partial charge in [0.1, 0.15) is 5.75 Å². The van der Waals surface area contributed by atoms with E-state index in [9.17, 15) is 13.5 Å². The van der Waals surface area contributed by atoms with Gasteiger partial charge in [0.25, 0.3) is 0 Å². The maximum atomic E-state index is 12.1. The van der Waals surface area contributed by atoms with E-state index in [-0.39, 0.29) is 0 Å². The SMILES string of the molecule is COc1cc(C)cc(C2(O)CC3CCC(C2)S3(=O)=O)c1. The Bertz CT molecular complexity index is 615. The standard InChI is InChI=1S/C15H20O4S/c1-10-5-11(7-12(6-10)19-2)15(16)8-13-3-4-14(9-15)20(13,17)18/h5-7,13-14,16H,3-4,8-9H2,1-2H3. The van der Waals surface area contributed by atoms with Gasteiger partial charge in [0, 0.05) is 0 Å². The fourth-order valence-electron chi connectivity index (χ4n) is 3.62. The third-order valence-electron chi connectivity index (χ3n) is 4.69. The summed E-state index contributed by atoms with van der Waals surface area (Å²) in [4.78, 5) is 0. The van der Waals surface area contributed by atoms with Crippen LogP contribution in [0.5, 0.6) is 5.75 Å². The molecule has 2 bridgehead atoms. The van der Waals surface area contributed by atoms with Crippen LogP contribution >= 0.6 is 0 Å². The second-order valence-electron chi connectivity index (χ2n) is 6.09. The lowest BCUT2D eigenvalue weighted by molar-refractivity contribution is 0.0171. The summed E-state index contributed by atoms with van der Waals surface area (Å²) in [5.74, 6) is 0.703. The van der Waals surface area contributed by atoms with Gasteiger partial charge in [-0.05, 0) is 55.9 Å². The van der Waals surface area contributed by atoms with Gasteiger partial charge in [-0.2, -0.15) is 0 Å². The quantitative estimate of drug-likeness (QED) is 0.906. The van der Waals surface area contributed by atoms with Crippen LogP contribution in [0.25, 0.3) is 0 Å². The van der Waals surface area contributed by atoms with Gasteiger partial charge in [-0.25, -0.2) is 8.42 Å². The molecule has 2 atom stereocenters. The number of fused-ring (bicyclic) bond motifs is 2. The Balaban J connectivity index is 2.01. The van der Waals surface area contributed by atoms with Crippen LogP contribution in [-0.2, 0) is 15.4 Å². The topological polar surface area (TPSA) is 63.6 Å². The Kier molecular flexibility index (Phi) is 3.10. The predicted octanol–water partition coefficient (Wildman–Crippen LogP) is 1.93. The van der Waals surface area contributed by atoms with Crippen molar-refractivity contribution < 1.29 is 18.3 Å². The molecule has 0 radical (unpaired) electrons. The molecule has 4 nitrogen and oxygen atoms in total. The molecule has 0 aromatic heterocycles. The largest absolute Gasteiger partial charge is 0.497 e. The van der Waals surface area contributed by atoms with E-state index in [1.807, 2.05) is 25.1 Å². The summed E-state index contributed by atoms with van der Waals surface area (Å²) >= 11 is 0. The van der Waals surface area contributed by atoms with Crippen molar-refractivity contribution in [1.82, 2.24) is 0 Å². The van der Waals surface area contributed by atoms with E-state index < -0.39 is 25.9 Å². The van der Waals surface area contributed by atoms with Crippen molar-refractivity contribution >= 4 is 9.84 Å². The molecule has 2 fully saturated rings. The summed E-state index contributed by atoms with van der Waals surface area (Å²) in [5.41, 5.74) is 0.742. The predicted molar refractivity (Wildman–Crippen MR) is 76.6 cm³/mol. The van der Waals surface area contributed by atoms with Crippen molar-refractivity contribution in [3.8, 4) is 5.75 Å². The van der Waals surface area contributed by atoms with Gasteiger partial charge in [-0.3, -0.25) is 0 Å². The van der Waals surface area contributed by atoms with Crippen molar-refractivity contribution in [1.29, 1.82) is 0 Å². The van der Waals surface area contributed by atoms with Crippen LogP contribution in [0.3, 0.4) is 0 Å². The lowest BCUT2D eigenvalue weighted by Gasteiger charge is -2.36. The highest BCUT2D eigenvalue weighted by Gasteiger charge is 2.53. The third-order valence-corrected chi connectivity index (χ3v) is 7.36. The minimum Gasteiger partial charge on any atom is -0.497 e. The second-order valence-corrected chi connectivity index (χ2v) is 8.60. The smallest absolute Gasteiger partial charge is 0.156 e. The molecule has 3 rings (SSSR count). The fraction of sp³-hybridized carbons (Fsp3) is 0.600. The number of benzene rings is 1. The number of sulfone groups is 1. The number of hydrogen-bond donors (Lipinski definition) is 1. The monoisotopic (exact) mass is 296 g/mol.